The van der Waals surface area contributed by atoms with E-state index in [2.05, 4.69) is 10.2 Å². The van der Waals surface area contributed by atoms with Crippen LogP contribution in [0.15, 0.2) is 34.2 Å². The largest absolute Gasteiger partial charge is 0.384 e. The van der Waals surface area contributed by atoms with Crippen molar-refractivity contribution < 1.29 is 0 Å². The third-order valence-corrected chi connectivity index (χ3v) is 3.96. The van der Waals surface area contributed by atoms with Crippen molar-refractivity contribution >= 4 is 29.2 Å². The summed E-state index contributed by atoms with van der Waals surface area (Å²) in [5, 5.41) is 17.2. The molecular formula is C13H13ClN4S. The monoisotopic (exact) mass is 292 g/mol. The first-order valence-electron chi connectivity index (χ1n) is 5.60. The Hall–Kier alpha value is -1.59. The summed E-state index contributed by atoms with van der Waals surface area (Å²) < 4.78 is 0. The van der Waals surface area contributed by atoms with E-state index in [1.54, 1.807) is 0 Å². The second-order valence-corrected chi connectivity index (χ2v) is 5.56. The Kier molecular flexibility index (Phi) is 4.07. The van der Waals surface area contributed by atoms with Crippen molar-refractivity contribution in [3.63, 3.8) is 0 Å². The number of benzene rings is 1. The number of aromatic nitrogens is 2. The Morgan fingerprint density at radius 2 is 1.84 bits per heavy atom. The third-order valence-electron chi connectivity index (χ3n) is 2.72. The van der Waals surface area contributed by atoms with Crippen LogP contribution in [0.4, 0.5) is 0 Å². The van der Waals surface area contributed by atoms with Crippen LogP contribution in [0.5, 0.6) is 0 Å². The molecule has 4 nitrogen and oxygen atoms in total. The zero-order chi connectivity index (χ0) is 14.0. The maximum Gasteiger partial charge on any atom is 0.135 e. The highest BCUT2D eigenvalue weighted by molar-refractivity contribution is 7.99. The predicted octanol–water partition coefficient (Wildman–Crippen LogP) is 3.18. The molecule has 0 saturated heterocycles. The van der Waals surface area contributed by atoms with Crippen LogP contribution in [0.2, 0.25) is 5.02 Å². The summed E-state index contributed by atoms with van der Waals surface area (Å²) >= 11 is 7.27. The Bertz CT molecular complexity index is 625. The van der Waals surface area contributed by atoms with E-state index in [0.29, 0.717) is 15.6 Å². The molecule has 3 N–H and O–H groups in total. The molecule has 0 spiro atoms. The molecule has 98 valence electrons. The minimum atomic E-state index is 0.00645. The Balaban J connectivity index is 2.42. The number of nitrogens with zero attached hydrogens (tertiary/aromatic N) is 2. The fraction of sp³-hybridized carbons (Fsp3) is 0.154. The van der Waals surface area contributed by atoms with Crippen LogP contribution in [0.25, 0.3) is 0 Å². The predicted molar refractivity (Wildman–Crippen MR) is 78.1 cm³/mol. The molecule has 0 atom stereocenters. The molecule has 0 bridgehead atoms. The van der Waals surface area contributed by atoms with Crippen LogP contribution >= 0.6 is 23.4 Å². The van der Waals surface area contributed by atoms with Crippen molar-refractivity contribution in [1.29, 1.82) is 5.41 Å². The summed E-state index contributed by atoms with van der Waals surface area (Å²) in [5.41, 5.74) is 7.96. The summed E-state index contributed by atoms with van der Waals surface area (Å²) in [6, 6.07) is 7.42. The van der Waals surface area contributed by atoms with Crippen LogP contribution < -0.4 is 5.73 Å². The van der Waals surface area contributed by atoms with Crippen LogP contribution in [0, 0.1) is 19.3 Å². The molecule has 2 rings (SSSR count). The summed E-state index contributed by atoms with van der Waals surface area (Å²) in [5.74, 6) is 0.00645. The Morgan fingerprint density at radius 1 is 1.21 bits per heavy atom. The average Bonchev–Trinajstić information content (AvgIpc) is 2.36. The summed E-state index contributed by atoms with van der Waals surface area (Å²) in [6.07, 6.45) is 0. The van der Waals surface area contributed by atoms with Gasteiger partial charge in [-0.15, -0.1) is 5.10 Å². The van der Waals surface area contributed by atoms with Gasteiger partial charge in [-0.1, -0.05) is 23.4 Å². The van der Waals surface area contributed by atoms with E-state index in [9.17, 15) is 0 Å². The maximum atomic E-state index is 7.69. The second kappa shape index (κ2) is 5.59. The van der Waals surface area contributed by atoms with Gasteiger partial charge in [0, 0.05) is 9.92 Å². The zero-order valence-electron chi connectivity index (χ0n) is 10.6. The van der Waals surface area contributed by atoms with Crippen molar-refractivity contribution in [3.05, 3.63) is 46.1 Å². The fourth-order valence-corrected chi connectivity index (χ4v) is 2.66. The number of halogens is 1. The van der Waals surface area contributed by atoms with Gasteiger partial charge < -0.3 is 5.73 Å². The lowest BCUT2D eigenvalue weighted by Gasteiger charge is -2.10. The van der Waals surface area contributed by atoms with E-state index >= 15 is 0 Å². The van der Waals surface area contributed by atoms with E-state index in [4.69, 9.17) is 22.7 Å². The van der Waals surface area contributed by atoms with Gasteiger partial charge in [-0.05, 0) is 43.7 Å². The highest BCUT2D eigenvalue weighted by Gasteiger charge is 2.14. The molecule has 0 aliphatic carbocycles. The Morgan fingerprint density at radius 3 is 2.42 bits per heavy atom. The summed E-state index contributed by atoms with van der Waals surface area (Å²) in [7, 11) is 0. The van der Waals surface area contributed by atoms with E-state index in [0.717, 1.165) is 16.2 Å². The van der Waals surface area contributed by atoms with Crippen molar-refractivity contribution in [3.8, 4) is 0 Å². The number of rotatable bonds is 3. The molecule has 1 heterocycles. The molecule has 2 aromatic rings. The summed E-state index contributed by atoms with van der Waals surface area (Å²) in [4.78, 5) is 0.976. The molecule has 0 aliphatic heterocycles. The quantitative estimate of drug-likeness (QED) is 0.673. The van der Waals surface area contributed by atoms with E-state index in [1.165, 1.54) is 11.8 Å². The number of hydrogen-bond acceptors (Lipinski definition) is 4. The van der Waals surface area contributed by atoms with Crippen molar-refractivity contribution in [2.24, 2.45) is 5.73 Å². The molecule has 0 fully saturated rings. The molecule has 6 heteroatoms. The SMILES string of the molecule is Cc1nnc(Sc2ccc(Cl)cc2)c(C(=N)N)c1C. The maximum absolute atomic E-state index is 7.69. The number of nitrogen functional groups attached to an aromatic ring is 1. The highest BCUT2D eigenvalue weighted by atomic mass is 35.5. The molecule has 0 unspecified atom stereocenters. The molecular weight excluding hydrogens is 280 g/mol. The standard InChI is InChI=1S/C13H13ClN4S/c1-7-8(2)17-18-13(11(7)12(15)16)19-10-5-3-9(14)4-6-10/h3-6H,1-2H3,(H3,15,16). The average molecular weight is 293 g/mol. The molecule has 0 aliphatic rings. The van der Waals surface area contributed by atoms with E-state index in [1.807, 2.05) is 38.1 Å². The molecule has 1 aromatic heterocycles. The van der Waals surface area contributed by atoms with Gasteiger partial charge in [0.15, 0.2) is 0 Å². The van der Waals surface area contributed by atoms with Crippen LogP contribution in [-0.2, 0) is 0 Å². The fourth-order valence-electron chi connectivity index (χ4n) is 1.59. The van der Waals surface area contributed by atoms with Crippen molar-refractivity contribution in [1.82, 2.24) is 10.2 Å². The van der Waals surface area contributed by atoms with Gasteiger partial charge in [-0.25, -0.2) is 0 Å². The van der Waals surface area contributed by atoms with Gasteiger partial charge in [0.2, 0.25) is 0 Å². The van der Waals surface area contributed by atoms with Gasteiger partial charge in [0.1, 0.15) is 10.9 Å². The number of aryl methyl sites for hydroxylation is 1. The van der Waals surface area contributed by atoms with E-state index in [-0.39, 0.29) is 5.84 Å². The van der Waals surface area contributed by atoms with Crippen molar-refractivity contribution in [2.75, 3.05) is 0 Å². The number of amidine groups is 1. The first-order chi connectivity index (χ1) is 8.99. The first-order valence-corrected chi connectivity index (χ1v) is 6.80. The van der Waals surface area contributed by atoms with Gasteiger partial charge in [-0.2, -0.15) is 5.10 Å². The normalized spacial score (nSPS) is 10.5. The van der Waals surface area contributed by atoms with Gasteiger partial charge in [-0.3, -0.25) is 5.41 Å². The number of nitrogens with one attached hydrogen (secondary N) is 1. The van der Waals surface area contributed by atoms with Gasteiger partial charge in [0.25, 0.3) is 0 Å². The Labute approximate surface area is 120 Å². The number of hydrogen-bond donors (Lipinski definition) is 2. The molecule has 19 heavy (non-hydrogen) atoms. The molecule has 1 aromatic carbocycles. The zero-order valence-corrected chi connectivity index (χ0v) is 12.1. The van der Waals surface area contributed by atoms with Gasteiger partial charge >= 0.3 is 0 Å². The van der Waals surface area contributed by atoms with Gasteiger partial charge in [0.05, 0.1) is 11.3 Å². The minimum absolute atomic E-state index is 0.00645. The molecule has 0 radical (unpaired) electrons. The summed E-state index contributed by atoms with van der Waals surface area (Å²) in [6.45, 7) is 3.75. The first kappa shape index (κ1) is 13.8. The third kappa shape index (κ3) is 3.05. The second-order valence-electron chi connectivity index (χ2n) is 4.06. The topological polar surface area (TPSA) is 75.7 Å². The smallest absolute Gasteiger partial charge is 0.135 e. The minimum Gasteiger partial charge on any atom is -0.384 e. The van der Waals surface area contributed by atoms with Crippen LogP contribution in [-0.4, -0.2) is 16.0 Å². The molecule has 0 amide bonds. The lowest BCUT2D eigenvalue weighted by Crippen LogP contribution is -2.16. The van der Waals surface area contributed by atoms with E-state index < -0.39 is 0 Å². The lowest BCUT2D eigenvalue weighted by molar-refractivity contribution is 0.872. The van der Waals surface area contributed by atoms with Crippen LogP contribution in [0.1, 0.15) is 16.8 Å². The lowest BCUT2D eigenvalue weighted by atomic mass is 10.1. The van der Waals surface area contributed by atoms with Crippen molar-refractivity contribution in [2.45, 2.75) is 23.8 Å². The number of nitrogens with two attached hydrogens (primary N) is 1. The van der Waals surface area contributed by atoms with Crippen LogP contribution in [0.3, 0.4) is 0 Å². The highest BCUT2D eigenvalue weighted by Crippen LogP contribution is 2.30. The molecule has 0 saturated carbocycles.